The molecule has 2 N–H and O–H groups in total. The highest BCUT2D eigenvalue weighted by atomic mass is 19.1. The standard InChI is InChI=1S/C28H34FN3O3/c1-2-14-30-27(34)26-22(17-33)21-16-31-24(13-12-20(28(31)35)18-8-4-3-5-9-18)25(21)32(26)15-19-10-6-7-11-23(19)29/h6-8,10-13,21-22,25-26,33H,2-5,9,14-17H2,1H3,(H,30,34)/t21-,22-,25+,26-/m1/s1. The monoisotopic (exact) mass is 479 g/mol. The van der Waals surface area contributed by atoms with Gasteiger partial charge in [0.05, 0.1) is 12.1 Å². The van der Waals surface area contributed by atoms with Gasteiger partial charge in [0.25, 0.3) is 5.56 Å². The van der Waals surface area contributed by atoms with Gasteiger partial charge in [0.1, 0.15) is 5.82 Å². The van der Waals surface area contributed by atoms with Crippen molar-refractivity contribution in [1.29, 1.82) is 0 Å². The molecule has 0 radical (unpaired) electrons. The van der Waals surface area contributed by atoms with Crippen LogP contribution in [0, 0.1) is 17.7 Å². The minimum atomic E-state index is -0.592. The normalized spacial score (nSPS) is 25.7. The lowest BCUT2D eigenvalue weighted by Gasteiger charge is -2.31. The molecule has 0 saturated carbocycles. The third-order valence-electron chi connectivity index (χ3n) is 7.96. The minimum Gasteiger partial charge on any atom is -0.396 e. The Hall–Kier alpha value is -2.77. The maximum Gasteiger partial charge on any atom is 0.258 e. The average Bonchev–Trinajstić information content (AvgIpc) is 3.40. The van der Waals surface area contributed by atoms with Crippen LogP contribution in [-0.4, -0.2) is 39.7 Å². The molecule has 1 aromatic heterocycles. The molecule has 1 amide bonds. The molecule has 3 aliphatic rings. The summed E-state index contributed by atoms with van der Waals surface area (Å²) in [5.74, 6) is -0.915. The van der Waals surface area contributed by atoms with Crippen molar-refractivity contribution in [3.8, 4) is 0 Å². The number of rotatable bonds is 7. The predicted molar refractivity (Wildman–Crippen MR) is 133 cm³/mol. The first kappa shape index (κ1) is 23.9. The number of allylic oxidation sites excluding steroid dienone is 2. The number of aromatic nitrogens is 1. The molecule has 5 rings (SSSR count). The summed E-state index contributed by atoms with van der Waals surface area (Å²) >= 11 is 0. The number of hydrogen-bond donors (Lipinski definition) is 2. The Morgan fingerprint density at radius 3 is 2.74 bits per heavy atom. The quantitative estimate of drug-likeness (QED) is 0.636. The summed E-state index contributed by atoms with van der Waals surface area (Å²) in [5.41, 5.74) is 3.22. The summed E-state index contributed by atoms with van der Waals surface area (Å²) in [6.45, 7) is 3.06. The van der Waals surface area contributed by atoms with Gasteiger partial charge in [-0.25, -0.2) is 4.39 Å². The number of amides is 1. The highest BCUT2D eigenvalue weighted by molar-refractivity contribution is 5.82. The van der Waals surface area contributed by atoms with Crippen LogP contribution in [-0.2, 0) is 17.9 Å². The topological polar surface area (TPSA) is 74.6 Å². The molecule has 0 bridgehead atoms. The van der Waals surface area contributed by atoms with E-state index >= 15 is 0 Å². The van der Waals surface area contributed by atoms with E-state index in [1.807, 2.05) is 28.5 Å². The fourth-order valence-electron chi connectivity index (χ4n) is 6.29. The lowest BCUT2D eigenvalue weighted by atomic mass is 9.88. The van der Waals surface area contributed by atoms with Crippen molar-refractivity contribution in [1.82, 2.24) is 14.8 Å². The van der Waals surface area contributed by atoms with Crippen LogP contribution in [0.4, 0.5) is 4.39 Å². The van der Waals surface area contributed by atoms with Crippen LogP contribution in [0.15, 0.2) is 47.3 Å². The largest absolute Gasteiger partial charge is 0.396 e. The van der Waals surface area contributed by atoms with E-state index < -0.39 is 6.04 Å². The summed E-state index contributed by atoms with van der Waals surface area (Å²) in [7, 11) is 0. The summed E-state index contributed by atoms with van der Waals surface area (Å²) < 4.78 is 16.5. The molecule has 3 heterocycles. The third kappa shape index (κ3) is 4.25. The van der Waals surface area contributed by atoms with Crippen molar-refractivity contribution < 1.29 is 14.3 Å². The molecule has 35 heavy (non-hydrogen) atoms. The SMILES string of the molecule is CCCNC(=O)[C@H]1[C@H](CO)[C@H]2Cn3c(ccc(C4=CCCCC4)c3=O)[C@H]2N1Cc1ccccc1F. The van der Waals surface area contributed by atoms with Crippen LogP contribution in [0.3, 0.4) is 0 Å². The van der Waals surface area contributed by atoms with Gasteiger partial charge < -0.3 is 15.0 Å². The third-order valence-corrected chi connectivity index (χ3v) is 7.96. The van der Waals surface area contributed by atoms with Crippen molar-refractivity contribution >= 4 is 11.5 Å². The van der Waals surface area contributed by atoms with Crippen LogP contribution in [0.5, 0.6) is 0 Å². The zero-order valence-electron chi connectivity index (χ0n) is 20.3. The number of aliphatic hydroxyl groups excluding tert-OH is 1. The van der Waals surface area contributed by atoms with Crippen molar-refractivity contribution in [2.75, 3.05) is 13.2 Å². The van der Waals surface area contributed by atoms with E-state index in [1.165, 1.54) is 6.07 Å². The van der Waals surface area contributed by atoms with Gasteiger partial charge in [0.2, 0.25) is 5.91 Å². The fraction of sp³-hybridized carbons (Fsp3) is 0.500. The first-order valence-corrected chi connectivity index (χ1v) is 12.9. The van der Waals surface area contributed by atoms with Gasteiger partial charge in [-0.05, 0) is 55.9 Å². The second kappa shape index (κ2) is 10.1. The molecule has 1 fully saturated rings. The van der Waals surface area contributed by atoms with E-state index in [0.717, 1.165) is 48.9 Å². The summed E-state index contributed by atoms with van der Waals surface area (Å²) in [5, 5.41) is 13.4. The van der Waals surface area contributed by atoms with Crippen LogP contribution < -0.4 is 10.9 Å². The zero-order valence-corrected chi connectivity index (χ0v) is 20.3. The molecule has 4 atom stereocenters. The Bertz CT molecular complexity index is 1190. The summed E-state index contributed by atoms with van der Waals surface area (Å²) in [4.78, 5) is 28.9. The van der Waals surface area contributed by atoms with Crippen LogP contribution in [0.1, 0.15) is 61.9 Å². The Labute approximate surface area is 205 Å². The number of benzene rings is 1. The van der Waals surface area contributed by atoms with Crippen LogP contribution in [0.2, 0.25) is 0 Å². The Morgan fingerprint density at radius 1 is 1.20 bits per heavy atom. The van der Waals surface area contributed by atoms with Gasteiger partial charge in [-0.15, -0.1) is 0 Å². The van der Waals surface area contributed by atoms with Crippen molar-refractivity contribution in [2.24, 2.45) is 11.8 Å². The number of carbonyl (C=O) groups is 1. The van der Waals surface area contributed by atoms with Gasteiger partial charge in [-0.1, -0.05) is 31.2 Å². The molecule has 186 valence electrons. The lowest BCUT2D eigenvalue weighted by molar-refractivity contribution is -0.128. The van der Waals surface area contributed by atoms with Crippen LogP contribution in [0.25, 0.3) is 5.57 Å². The number of nitrogens with zero attached hydrogens (tertiary/aromatic N) is 2. The molecular formula is C28H34FN3O3. The Kier molecular flexibility index (Phi) is 6.89. The average molecular weight is 480 g/mol. The molecule has 1 aromatic carbocycles. The first-order valence-electron chi connectivity index (χ1n) is 12.9. The molecule has 2 aromatic rings. The number of nitrogens with one attached hydrogen (secondary N) is 1. The van der Waals surface area contributed by atoms with Gasteiger partial charge in [-0.3, -0.25) is 14.5 Å². The zero-order chi connectivity index (χ0) is 24.5. The number of hydrogen-bond acceptors (Lipinski definition) is 4. The predicted octanol–water partition coefficient (Wildman–Crippen LogP) is 3.63. The number of halogens is 1. The maximum absolute atomic E-state index is 14.7. The Morgan fingerprint density at radius 2 is 2.03 bits per heavy atom. The van der Waals surface area contributed by atoms with Crippen molar-refractivity contribution in [2.45, 2.75) is 64.2 Å². The van der Waals surface area contributed by atoms with Crippen molar-refractivity contribution in [3.63, 3.8) is 0 Å². The van der Waals surface area contributed by atoms with Crippen LogP contribution >= 0.6 is 0 Å². The van der Waals surface area contributed by atoms with E-state index in [4.69, 9.17) is 0 Å². The van der Waals surface area contributed by atoms with Gasteiger partial charge in [0, 0.05) is 54.9 Å². The number of likely N-dealkylation sites (tertiary alicyclic amines) is 1. The smallest absolute Gasteiger partial charge is 0.258 e. The van der Waals surface area contributed by atoms with Crippen molar-refractivity contribution in [3.05, 3.63) is 75.5 Å². The molecular weight excluding hydrogens is 445 g/mol. The molecule has 1 aliphatic carbocycles. The molecule has 0 spiro atoms. The minimum absolute atomic E-state index is 0.000402. The molecule has 1 saturated heterocycles. The van der Waals surface area contributed by atoms with E-state index in [2.05, 4.69) is 11.4 Å². The fourth-order valence-corrected chi connectivity index (χ4v) is 6.29. The number of pyridine rings is 1. The molecule has 6 nitrogen and oxygen atoms in total. The van der Waals surface area contributed by atoms with Gasteiger partial charge >= 0.3 is 0 Å². The molecule has 7 heteroatoms. The van der Waals surface area contributed by atoms with E-state index in [0.29, 0.717) is 18.7 Å². The van der Waals surface area contributed by atoms with E-state index in [1.54, 1.807) is 18.2 Å². The molecule has 2 aliphatic heterocycles. The van der Waals surface area contributed by atoms with E-state index in [9.17, 15) is 19.1 Å². The number of carbonyl (C=O) groups excluding carboxylic acids is 1. The highest BCUT2D eigenvalue weighted by Gasteiger charge is 2.55. The van der Waals surface area contributed by atoms with E-state index in [-0.39, 0.29) is 48.3 Å². The molecule has 0 unspecified atom stereocenters. The highest BCUT2D eigenvalue weighted by Crippen LogP contribution is 2.50. The lowest BCUT2D eigenvalue weighted by Crippen LogP contribution is -2.48. The second-order valence-corrected chi connectivity index (χ2v) is 10.0. The maximum atomic E-state index is 14.7. The number of aliphatic hydroxyl groups is 1. The summed E-state index contributed by atoms with van der Waals surface area (Å²) in [6, 6.07) is 9.70. The number of fused-ring (bicyclic) bond motifs is 3. The second-order valence-electron chi connectivity index (χ2n) is 10.0. The first-order chi connectivity index (χ1) is 17.0. The van der Waals surface area contributed by atoms with Gasteiger partial charge in [0.15, 0.2) is 0 Å². The summed E-state index contributed by atoms with van der Waals surface area (Å²) in [6.07, 6.45) is 7.15. The Balaban J connectivity index is 1.56. The van der Waals surface area contributed by atoms with Gasteiger partial charge in [-0.2, -0.15) is 0 Å².